The first-order valence-electron chi connectivity index (χ1n) is 7.12. The molecule has 0 aromatic carbocycles. The van der Waals surface area contributed by atoms with E-state index in [0.29, 0.717) is 11.7 Å². The van der Waals surface area contributed by atoms with E-state index < -0.39 is 0 Å². The molecule has 1 amide bonds. The molecule has 0 radical (unpaired) electrons. The smallest absolute Gasteiger partial charge is 0.230 e. The number of nitrogens with one attached hydrogen (secondary N) is 1. The zero-order valence-corrected chi connectivity index (χ0v) is 14.8. The molecule has 0 spiro atoms. The number of amides is 1. The van der Waals surface area contributed by atoms with Crippen LogP contribution < -0.4 is 5.32 Å². The second-order valence-corrected chi connectivity index (χ2v) is 6.95. The van der Waals surface area contributed by atoms with Crippen molar-refractivity contribution in [3.05, 3.63) is 35.1 Å². The molecule has 3 heterocycles. The number of rotatable bonds is 6. The molecule has 3 aromatic rings. The fourth-order valence-corrected chi connectivity index (χ4v) is 3.58. The van der Waals surface area contributed by atoms with Gasteiger partial charge in [0, 0.05) is 29.9 Å². The molecule has 8 nitrogen and oxygen atoms in total. The van der Waals surface area contributed by atoms with Gasteiger partial charge in [0.25, 0.3) is 0 Å². The van der Waals surface area contributed by atoms with Crippen LogP contribution in [0.4, 0.5) is 0 Å². The Morgan fingerprint density at radius 2 is 2.33 bits per heavy atom. The number of pyridine rings is 1. The monoisotopic (exact) mass is 361 g/mol. The Hall–Kier alpha value is -2.33. The van der Waals surface area contributed by atoms with Gasteiger partial charge in [0.15, 0.2) is 0 Å². The SMILES string of the molecule is Cc1nc(-c2cccnc2)sc1CNC(=O)CSc1nnnn1C. The molecule has 3 rings (SSSR count). The third kappa shape index (κ3) is 3.95. The predicted octanol–water partition coefficient (Wildman–Crippen LogP) is 1.45. The molecule has 0 saturated carbocycles. The first kappa shape index (κ1) is 16.5. The Balaban J connectivity index is 1.56. The number of thioether (sulfide) groups is 1. The lowest BCUT2D eigenvalue weighted by Gasteiger charge is -2.03. The summed E-state index contributed by atoms with van der Waals surface area (Å²) >= 11 is 2.86. The van der Waals surface area contributed by atoms with Crippen molar-refractivity contribution in [3.8, 4) is 10.6 Å². The van der Waals surface area contributed by atoms with Crippen molar-refractivity contribution in [2.75, 3.05) is 5.75 Å². The number of hydrogen-bond acceptors (Lipinski definition) is 8. The zero-order valence-electron chi connectivity index (χ0n) is 13.1. The lowest BCUT2D eigenvalue weighted by Crippen LogP contribution is -2.24. The van der Waals surface area contributed by atoms with E-state index in [1.54, 1.807) is 30.8 Å². The van der Waals surface area contributed by atoms with Gasteiger partial charge in [-0.1, -0.05) is 11.8 Å². The lowest BCUT2D eigenvalue weighted by atomic mass is 10.3. The van der Waals surface area contributed by atoms with Crippen LogP contribution in [0.5, 0.6) is 0 Å². The molecule has 0 saturated heterocycles. The Bertz CT molecular complexity index is 831. The summed E-state index contributed by atoms with van der Waals surface area (Å²) in [4.78, 5) is 21.7. The van der Waals surface area contributed by atoms with Gasteiger partial charge in [-0.3, -0.25) is 9.78 Å². The van der Waals surface area contributed by atoms with E-state index >= 15 is 0 Å². The highest BCUT2D eigenvalue weighted by Gasteiger charge is 2.12. The summed E-state index contributed by atoms with van der Waals surface area (Å²) in [5, 5.41) is 15.5. The number of nitrogens with zero attached hydrogens (tertiary/aromatic N) is 6. The first-order chi connectivity index (χ1) is 11.6. The minimum Gasteiger partial charge on any atom is -0.350 e. The van der Waals surface area contributed by atoms with Crippen LogP contribution in [0.2, 0.25) is 0 Å². The van der Waals surface area contributed by atoms with Crippen molar-refractivity contribution < 1.29 is 4.79 Å². The standard InChI is InChI=1S/C14H15N7OS2/c1-9-11(24-13(17-9)10-4-3-5-15-6-10)7-16-12(22)8-23-14-18-19-20-21(14)2/h3-6H,7-8H2,1-2H3,(H,16,22). The highest BCUT2D eigenvalue weighted by Crippen LogP contribution is 2.27. The number of aromatic nitrogens is 6. The minimum atomic E-state index is -0.0706. The summed E-state index contributed by atoms with van der Waals surface area (Å²) < 4.78 is 1.53. The van der Waals surface area contributed by atoms with Crippen molar-refractivity contribution in [1.29, 1.82) is 0 Å². The number of aryl methyl sites for hydroxylation is 2. The zero-order chi connectivity index (χ0) is 16.9. The number of hydrogen-bond donors (Lipinski definition) is 1. The van der Waals surface area contributed by atoms with Crippen LogP contribution in [0.15, 0.2) is 29.7 Å². The maximum atomic E-state index is 12.0. The van der Waals surface area contributed by atoms with E-state index in [1.165, 1.54) is 16.4 Å². The maximum absolute atomic E-state index is 12.0. The van der Waals surface area contributed by atoms with Crippen LogP contribution in [-0.2, 0) is 18.4 Å². The lowest BCUT2D eigenvalue weighted by molar-refractivity contribution is -0.118. The average Bonchev–Trinajstić information content (AvgIpc) is 3.17. The fourth-order valence-electron chi connectivity index (χ4n) is 1.91. The van der Waals surface area contributed by atoms with Crippen LogP contribution in [-0.4, -0.2) is 41.8 Å². The summed E-state index contributed by atoms with van der Waals surface area (Å²) in [7, 11) is 1.74. The van der Waals surface area contributed by atoms with Crippen LogP contribution in [0.25, 0.3) is 10.6 Å². The quantitative estimate of drug-likeness (QED) is 0.663. The molecule has 0 bridgehead atoms. The Labute approximate surface area is 146 Å². The van der Waals surface area contributed by atoms with E-state index in [4.69, 9.17) is 0 Å². The third-order valence-electron chi connectivity index (χ3n) is 3.16. The van der Waals surface area contributed by atoms with Gasteiger partial charge in [0.1, 0.15) is 5.01 Å². The molecule has 0 aliphatic rings. The summed E-state index contributed by atoms with van der Waals surface area (Å²) in [6.07, 6.45) is 3.52. The van der Waals surface area contributed by atoms with Gasteiger partial charge in [-0.25, -0.2) is 9.67 Å². The van der Waals surface area contributed by atoms with Gasteiger partial charge in [-0.05, 0) is 29.5 Å². The predicted molar refractivity (Wildman–Crippen MR) is 91.5 cm³/mol. The van der Waals surface area contributed by atoms with Gasteiger partial charge < -0.3 is 5.32 Å². The van der Waals surface area contributed by atoms with E-state index in [1.807, 2.05) is 19.1 Å². The van der Waals surface area contributed by atoms with E-state index in [2.05, 4.69) is 30.8 Å². The second-order valence-electron chi connectivity index (χ2n) is 4.92. The Kier molecular flexibility index (Phi) is 5.16. The highest BCUT2D eigenvalue weighted by atomic mass is 32.2. The summed E-state index contributed by atoms with van der Waals surface area (Å²) in [6, 6.07) is 3.85. The Morgan fingerprint density at radius 3 is 3.04 bits per heavy atom. The number of tetrazole rings is 1. The third-order valence-corrected chi connectivity index (χ3v) is 5.38. The summed E-state index contributed by atoms with van der Waals surface area (Å²) in [6.45, 7) is 2.40. The number of carbonyl (C=O) groups excluding carboxylic acids is 1. The summed E-state index contributed by atoms with van der Waals surface area (Å²) in [5.74, 6) is 0.195. The van der Waals surface area contributed by atoms with Crippen LogP contribution in [0, 0.1) is 6.92 Å². The topological polar surface area (TPSA) is 98.5 Å². The normalized spacial score (nSPS) is 10.8. The molecule has 24 heavy (non-hydrogen) atoms. The van der Waals surface area contributed by atoms with Crippen LogP contribution >= 0.6 is 23.1 Å². The highest BCUT2D eigenvalue weighted by molar-refractivity contribution is 7.99. The fraction of sp³-hybridized carbons (Fsp3) is 0.286. The molecular formula is C14H15N7OS2. The van der Waals surface area contributed by atoms with Gasteiger partial charge in [0.05, 0.1) is 18.0 Å². The molecule has 0 aliphatic heterocycles. The van der Waals surface area contributed by atoms with Crippen molar-refractivity contribution in [3.63, 3.8) is 0 Å². The van der Waals surface area contributed by atoms with Gasteiger partial charge >= 0.3 is 0 Å². The van der Waals surface area contributed by atoms with Gasteiger partial charge in [-0.2, -0.15) is 0 Å². The van der Waals surface area contributed by atoms with Gasteiger partial charge in [-0.15, -0.1) is 16.4 Å². The van der Waals surface area contributed by atoms with E-state index in [-0.39, 0.29) is 11.7 Å². The largest absolute Gasteiger partial charge is 0.350 e. The molecule has 3 aromatic heterocycles. The summed E-state index contributed by atoms with van der Waals surface area (Å²) in [5.41, 5.74) is 1.90. The molecule has 124 valence electrons. The van der Waals surface area contributed by atoms with E-state index in [0.717, 1.165) is 21.1 Å². The van der Waals surface area contributed by atoms with Crippen molar-refractivity contribution in [2.45, 2.75) is 18.6 Å². The van der Waals surface area contributed by atoms with E-state index in [9.17, 15) is 4.79 Å². The second kappa shape index (κ2) is 7.49. The molecule has 0 atom stereocenters. The van der Waals surface area contributed by atoms with Crippen LogP contribution in [0.1, 0.15) is 10.6 Å². The number of thiazole rings is 1. The average molecular weight is 361 g/mol. The Morgan fingerprint density at radius 1 is 1.46 bits per heavy atom. The molecular weight excluding hydrogens is 346 g/mol. The number of carbonyl (C=O) groups is 1. The maximum Gasteiger partial charge on any atom is 0.230 e. The molecule has 0 fully saturated rings. The van der Waals surface area contributed by atoms with Crippen molar-refractivity contribution in [2.24, 2.45) is 7.05 Å². The molecule has 1 N–H and O–H groups in total. The molecule has 0 aliphatic carbocycles. The molecule has 10 heteroatoms. The van der Waals surface area contributed by atoms with Crippen LogP contribution in [0.3, 0.4) is 0 Å². The molecule has 0 unspecified atom stereocenters. The van der Waals surface area contributed by atoms with Crippen molar-refractivity contribution in [1.82, 2.24) is 35.5 Å². The van der Waals surface area contributed by atoms with Gasteiger partial charge in [0.2, 0.25) is 11.1 Å². The first-order valence-corrected chi connectivity index (χ1v) is 8.92. The minimum absolute atomic E-state index is 0.0706. The van der Waals surface area contributed by atoms with Crippen molar-refractivity contribution >= 4 is 29.0 Å².